The minimum absolute atomic E-state index is 0.804. The molecule has 0 spiro atoms. The molecule has 0 aromatic heterocycles. The maximum Gasteiger partial charge on any atom is 0.0370 e. The highest BCUT2D eigenvalue weighted by Crippen LogP contribution is 2.20. The number of rotatable bonds is 5. The fourth-order valence-electron chi connectivity index (χ4n) is 1.56. The van der Waals surface area contributed by atoms with Crippen molar-refractivity contribution in [3.05, 3.63) is 28.2 Å². The molecular formula is C13H20BrN. The maximum atomic E-state index is 3.47. The average Bonchev–Trinajstić information content (AvgIpc) is 2.14. The van der Waals surface area contributed by atoms with Crippen LogP contribution in [0.3, 0.4) is 0 Å². The van der Waals surface area contributed by atoms with E-state index in [-0.39, 0.29) is 0 Å². The molecule has 0 aliphatic heterocycles. The third-order valence-electron chi connectivity index (χ3n) is 2.46. The minimum Gasteiger partial charge on any atom is -0.385 e. The van der Waals surface area contributed by atoms with Gasteiger partial charge in [0.25, 0.3) is 0 Å². The molecule has 0 unspecified atom stereocenters. The second-order valence-electron chi connectivity index (χ2n) is 4.42. The van der Waals surface area contributed by atoms with Crippen LogP contribution >= 0.6 is 15.9 Å². The number of halogens is 1. The fourth-order valence-corrected chi connectivity index (χ4v) is 2.03. The Morgan fingerprint density at radius 2 is 2.07 bits per heavy atom. The number of benzene rings is 1. The third-order valence-corrected chi connectivity index (χ3v) is 2.96. The Bertz CT molecular complexity index is 307. The first-order chi connectivity index (χ1) is 7.09. The Morgan fingerprint density at radius 3 is 2.67 bits per heavy atom. The van der Waals surface area contributed by atoms with E-state index < -0.39 is 0 Å². The lowest BCUT2D eigenvalue weighted by atomic mass is 10.1. The lowest BCUT2D eigenvalue weighted by Crippen LogP contribution is -2.04. The van der Waals surface area contributed by atoms with Crippen LogP contribution in [0.25, 0.3) is 0 Å². The smallest absolute Gasteiger partial charge is 0.0370 e. The van der Waals surface area contributed by atoms with E-state index in [1.54, 1.807) is 0 Å². The van der Waals surface area contributed by atoms with E-state index in [0.717, 1.165) is 16.9 Å². The van der Waals surface area contributed by atoms with Crippen molar-refractivity contribution in [2.45, 2.75) is 33.6 Å². The molecule has 2 heteroatoms. The first-order valence-corrected chi connectivity index (χ1v) is 6.39. The van der Waals surface area contributed by atoms with Crippen molar-refractivity contribution < 1.29 is 0 Å². The van der Waals surface area contributed by atoms with Crippen molar-refractivity contribution in [1.82, 2.24) is 0 Å². The molecule has 0 aliphatic carbocycles. The minimum atomic E-state index is 0.804. The van der Waals surface area contributed by atoms with E-state index in [9.17, 15) is 0 Å². The molecule has 1 rings (SSSR count). The number of hydrogen-bond donors (Lipinski definition) is 1. The van der Waals surface area contributed by atoms with E-state index in [0.29, 0.717) is 0 Å². The summed E-state index contributed by atoms with van der Waals surface area (Å²) in [5, 5.41) is 3.47. The molecule has 0 saturated carbocycles. The van der Waals surface area contributed by atoms with Crippen LogP contribution in [-0.4, -0.2) is 6.54 Å². The van der Waals surface area contributed by atoms with Crippen molar-refractivity contribution in [1.29, 1.82) is 0 Å². The van der Waals surface area contributed by atoms with Crippen LogP contribution in [0.4, 0.5) is 5.69 Å². The summed E-state index contributed by atoms with van der Waals surface area (Å²) in [7, 11) is 0. The lowest BCUT2D eigenvalue weighted by Gasteiger charge is -2.10. The van der Waals surface area contributed by atoms with E-state index in [4.69, 9.17) is 0 Å². The first kappa shape index (κ1) is 12.6. The average molecular weight is 270 g/mol. The van der Waals surface area contributed by atoms with Gasteiger partial charge in [0.15, 0.2) is 0 Å². The van der Waals surface area contributed by atoms with E-state index >= 15 is 0 Å². The van der Waals surface area contributed by atoms with Crippen LogP contribution in [0, 0.1) is 12.8 Å². The Hall–Kier alpha value is -0.500. The van der Waals surface area contributed by atoms with Crippen LogP contribution in [0.1, 0.15) is 32.3 Å². The predicted octanol–water partition coefficient (Wildman–Crippen LogP) is 4.61. The summed E-state index contributed by atoms with van der Waals surface area (Å²) in [6.07, 6.45) is 2.54. The van der Waals surface area contributed by atoms with Gasteiger partial charge in [-0.3, -0.25) is 0 Å². The monoisotopic (exact) mass is 269 g/mol. The van der Waals surface area contributed by atoms with Crippen molar-refractivity contribution in [3.63, 3.8) is 0 Å². The molecule has 1 aromatic carbocycles. The lowest BCUT2D eigenvalue weighted by molar-refractivity contribution is 0.567. The molecule has 0 fully saturated rings. The maximum absolute atomic E-state index is 3.47. The number of nitrogens with one attached hydrogen (secondary N) is 1. The Balaban J connectivity index is 2.37. The zero-order valence-electron chi connectivity index (χ0n) is 9.81. The molecular weight excluding hydrogens is 250 g/mol. The highest BCUT2D eigenvalue weighted by molar-refractivity contribution is 9.10. The van der Waals surface area contributed by atoms with Crippen molar-refractivity contribution in [2.24, 2.45) is 5.92 Å². The van der Waals surface area contributed by atoms with Crippen LogP contribution < -0.4 is 5.32 Å². The van der Waals surface area contributed by atoms with Gasteiger partial charge in [-0.2, -0.15) is 0 Å². The quantitative estimate of drug-likeness (QED) is 0.771. The van der Waals surface area contributed by atoms with Gasteiger partial charge in [-0.1, -0.05) is 29.8 Å². The molecule has 1 N–H and O–H groups in total. The second-order valence-corrected chi connectivity index (χ2v) is 5.34. The van der Waals surface area contributed by atoms with Crippen molar-refractivity contribution in [3.8, 4) is 0 Å². The van der Waals surface area contributed by atoms with Gasteiger partial charge in [0.1, 0.15) is 0 Å². The van der Waals surface area contributed by atoms with Crippen LogP contribution in [0.5, 0.6) is 0 Å². The van der Waals surface area contributed by atoms with Gasteiger partial charge in [0, 0.05) is 16.7 Å². The molecule has 0 atom stereocenters. The molecule has 0 radical (unpaired) electrons. The van der Waals surface area contributed by atoms with Crippen LogP contribution in [0.2, 0.25) is 0 Å². The van der Waals surface area contributed by atoms with Gasteiger partial charge in [0.2, 0.25) is 0 Å². The Kier molecular flexibility index (Phi) is 5.16. The molecule has 84 valence electrons. The zero-order valence-corrected chi connectivity index (χ0v) is 11.4. The molecule has 0 saturated heterocycles. The van der Waals surface area contributed by atoms with Crippen LogP contribution in [-0.2, 0) is 0 Å². The Morgan fingerprint density at radius 1 is 1.33 bits per heavy atom. The van der Waals surface area contributed by atoms with Gasteiger partial charge in [-0.25, -0.2) is 0 Å². The summed E-state index contributed by atoms with van der Waals surface area (Å²) < 4.78 is 1.15. The first-order valence-electron chi connectivity index (χ1n) is 5.59. The van der Waals surface area contributed by atoms with Gasteiger partial charge in [-0.15, -0.1) is 0 Å². The number of anilines is 1. The second kappa shape index (κ2) is 6.16. The Labute approximate surface area is 101 Å². The predicted molar refractivity (Wildman–Crippen MR) is 71.4 cm³/mol. The molecule has 1 aromatic rings. The standard InChI is InChI=1S/C13H20BrN/c1-10(2)5-4-8-15-13-7-6-12(14)9-11(13)3/h6-7,9-10,15H,4-5,8H2,1-3H3. The highest BCUT2D eigenvalue weighted by Gasteiger charge is 1.98. The molecule has 0 amide bonds. The summed E-state index contributed by atoms with van der Waals surface area (Å²) in [6.45, 7) is 7.74. The summed E-state index contributed by atoms with van der Waals surface area (Å²) in [6, 6.07) is 6.36. The van der Waals surface area contributed by atoms with Gasteiger partial charge < -0.3 is 5.32 Å². The summed E-state index contributed by atoms with van der Waals surface area (Å²) in [5.41, 5.74) is 2.55. The topological polar surface area (TPSA) is 12.0 Å². The molecule has 0 aliphatic rings. The van der Waals surface area contributed by atoms with Gasteiger partial charge >= 0.3 is 0 Å². The van der Waals surface area contributed by atoms with Gasteiger partial charge in [-0.05, 0) is 49.4 Å². The molecule has 0 heterocycles. The van der Waals surface area contributed by atoms with Crippen molar-refractivity contribution in [2.75, 3.05) is 11.9 Å². The van der Waals surface area contributed by atoms with E-state index in [1.807, 2.05) is 0 Å². The summed E-state index contributed by atoms with van der Waals surface area (Å²) in [4.78, 5) is 0. The van der Waals surface area contributed by atoms with Crippen LogP contribution in [0.15, 0.2) is 22.7 Å². The number of hydrogen-bond acceptors (Lipinski definition) is 1. The third kappa shape index (κ3) is 4.70. The normalized spacial score (nSPS) is 10.7. The van der Waals surface area contributed by atoms with Gasteiger partial charge in [0.05, 0.1) is 0 Å². The molecule has 1 nitrogen and oxygen atoms in total. The summed E-state index contributed by atoms with van der Waals surface area (Å²) in [5.74, 6) is 0.804. The van der Waals surface area contributed by atoms with E-state index in [2.05, 4.69) is 60.2 Å². The summed E-state index contributed by atoms with van der Waals surface area (Å²) >= 11 is 3.47. The number of aryl methyl sites for hydroxylation is 1. The largest absolute Gasteiger partial charge is 0.385 e. The SMILES string of the molecule is Cc1cc(Br)ccc1NCCCC(C)C. The molecule has 0 bridgehead atoms. The fraction of sp³-hybridized carbons (Fsp3) is 0.538. The van der Waals surface area contributed by atoms with Crippen molar-refractivity contribution >= 4 is 21.6 Å². The highest BCUT2D eigenvalue weighted by atomic mass is 79.9. The zero-order chi connectivity index (χ0) is 11.3. The van der Waals surface area contributed by atoms with E-state index in [1.165, 1.54) is 24.1 Å². The molecule has 15 heavy (non-hydrogen) atoms.